The van der Waals surface area contributed by atoms with E-state index in [0.717, 1.165) is 49.9 Å². The van der Waals surface area contributed by atoms with Crippen LogP contribution in [0.4, 0.5) is 0 Å². The summed E-state index contributed by atoms with van der Waals surface area (Å²) >= 11 is 1.92. The van der Waals surface area contributed by atoms with Gasteiger partial charge < -0.3 is 24.8 Å². The maximum absolute atomic E-state index is 5.93. The van der Waals surface area contributed by atoms with Crippen molar-refractivity contribution in [1.29, 1.82) is 0 Å². The first-order chi connectivity index (χ1) is 13.6. The van der Waals surface area contributed by atoms with Gasteiger partial charge in [0.25, 0.3) is 0 Å². The number of guanidine groups is 1. The highest BCUT2D eigenvalue weighted by molar-refractivity contribution is 8.00. The van der Waals surface area contributed by atoms with E-state index < -0.39 is 0 Å². The Kier molecular flexibility index (Phi) is 9.95. The molecule has 2 N–H and O–H groups in total. The van der Waals surface area contributed by atoms with Gasteiger partial charge in [-0.25, -0.2) is 0 Å². The number of hydrogen-bond donors (Lipinski definition) is 2. The summed E-state index contributed by atoms with van der Waals surface area (Å²) in [5.41, 5.74) is 2.29. The van der Waals surface area contributed by atoms with Crippen LogP contribution in [0.5, 0.6) is 5.75 Å². The predicted octanol–water partition coefficient (Wildman–Crippen LogP) is 2.99. The van der Waals surface area contributed by atoms with Crippen molar-refractivity contribution in [2.24, 2.45) is 4.99 Å². The molecule has 158 valence electrons. The molecule has 7 heteroatoms. The second-order valence-corrected chi connectivity index (χ2v) is 8.21. The maximum Gasteiger partial charge on any atom is 0.191 e. The van der Waals surface area contributed by atoms with Gasteiger partial charge in [-0.3, -0.25) is 4.99 Å². The molecule has 0 amide bonds. The molecule has 1 aromatic rings. The van der Waals surface area contributed by atoms with Crippen molar-refractivity contribution in [3.8, 4) is 5.75 Å². The number of thioether (sulfide) groups is 1. The van der Waals surface area contributed by atoms with E-state index in [1.54, 1.807) is 7.05 Å². The van der Waals surface area contributed by atoms with Crippen molar-refractivity contribution in [2.45, 2.75) is 38.0 Å². The van der Waals surface area contributed by atoms with Gasteiger partial charge in [0.1, 0.15) is 12.4 Å². The van der Waals surface area contributed by atoms with Crippen LogP contribution in [-0.4, -0.2) is 63.6 Å². The summed E-state index contributed by atoms with van der Waals surface area (Å²) in [5, 5.41) is 6.91. The molecular weight excluding hydrogens is 374 g/mol. The smallest absolute Gasteiger partial charge is 0.191 e. The number of nitrogens with one attached hydrogen (secondary N) is 2. The minimum absolute atomic E-state index is 0.216. The lowest BCUT2D eigenvalue weighted by Gasteiger charge is -2.36. The van der Waals surface area contributed by atoms with Gasteiger partial charge in [-0.1, -0.05) is 12.1 Å². The number of nitrogens with zero attached hydrogens (tertiary/aromatic N) is 1. The van der Waals surface area contributed by atoms with Crippen molar-refractivity contribution in [2.75, 3.05) is 52.9 Å². The van der Waals surface area contributed by atoms with E-state index in [1.165, 1.54) is 5.56 Å². The molecule has 28 heavy (non-hydrogen) atoms. The van der Waals surface area contributed by atoms with Gasteiger partial charge in [0.05, 0.1) is 6.61 Å². The van der Waals surface area contributed by atoms with Gasteiger partial charge in [-0.15, -0.1) is 0 Å². The molecule has 0 radical (unpaired) electrons. The molecule has 0 spiro atoms. The first-order valence-corrected chi connectivity index (χ1v) is 11.2. The monoisotopic (exact) mass is 409 g/mol. The molecule has 1 aromatic carbocycles. The van der Waals surface area contributed by atoms with Gasteiger partial charge in [-0.2, -0.15) is 11.8 Å². The Balaban J connectivity index is 1.90. The standard InChI is InChI=1S/C21H35N3O3S/c1-5-25-12-13-27-19-14-17(2)6-7-18(19)15-23-20(22-3)24-16-21(28-4)8-10-26-11-9-21/h6-7,14H,5,8-13,15-16H2,1-4H3,(H2,22,23,24). The van der Waals surface area contributed by atoms with E-state index in [1.807, 2.05) is 18.7 Å². The Morgan fingerprint density at radius 3 is 2.71 bits per heavy atom. The van der Waals surface area contributed by atoms with Crippen LogP contribution in [0.1, 0.15) is 30.9 Å². The first-order valence-electron chi connectivity index (χ1n) is 10.00. The zero-order chi connectivity index (χ0) is 20.2. The molecule has 0 bridgehead atoms. The third-order valence-electron chi connectivity index (χ3n) is 5.00. The van der Waals surface area contributed by atoms with Crippen LogP contribution in [-0.2, 0) is 16.0 Å². The minimum atomic E-state index is 0.216. The van der Waals surface area contributed by atoms with Crippen LogP contribution in [0.3, 0.4) is 0 Å². The molecule has 0 unspecified atom stereocenters. The molecule has 6 nitrogen and oxygen atoms in total. The van der Waals surface area contributed by atoms with Crippen LogP contribution >= 0.6 is 11.8 Å². The third kappa shape index (κ3) is 7.18. The van der Waals surface area contributed by atoms with Crippen LogP contribution in [0, 0.1) is 6.92 Å². The molecule has 0 aliphatic carbocycles. The summed E-state index contributed by atoms with van der Waals surface area (Å²) in [5.74, 6) is 1.70. The van der Waals surface area contributed by atoms with Crippen LogP contribution in [0.25, 0.3) is 0 Å². The summed E-state index contributed by atoms with van der Waals surface area (Å²) in [7, 11) is 1.81. The molecule has 1 aliphatic rings. The Labute approximate surface area is 173 Å². The lowest BCUT2D eigenvalue weighted by Crippen LogP contribution is -2.47. The largest absolute Gasteiger partial charge is 0.491 e. The van der Waals surface area contributed by atoms with E-state index in [9.17, 15) is 0 Å². The Morgan fingerprint density at radius 2 is 2.04 bits per heavy atom. The zero-order valence-electron chi connectivity index (χ0n) is 17.7. The lowest BCUT2D eigenvalue weighted by atomic mass is 9.99. The van der Waals surface area contributed by atoms with E-state index in [4.69, 9.17) is 14.2 Å². The topological polar surface area (TPSA) is 64.1 Å². The molecule has 0 aromatic heterocycles. The summed E-state index contributed by atoms with van der Waals surface area (Å²) in [6.07, 6.45) is 4.31. The van der Waals surface area contributed by atoms with Gasteiger partial charge in [0.15, 0.2) is 5.96 Å². The normalized spacial score (nSPS) is 16.6. The number of benzene rings is 1. The van der Waals surface area contributed by atoms with E-state index >= 15 is 0 Å². The third-order valence-corrected chi connectivity index (χ3v) is 6.42. The maximum atomic E-state index is 5.93. The number of hydrogen-bond acceptors (Lipinski definition) is 5. The van der Waals surface area contributed by atoms with Gasteiger partial charge >= 0.3 is 0 Å². The molecule has 0 saturated carbocycles. The highest BCUT2D eigenvalue weighted by Crippen LogP contribution is 2.32. The van der Waals surface area contributed by atoms with Crippen LogP contribution in [0.2, 0.25) is 0 Å². The fourth-order valence-corrected chi connectivity index (χ4v) is 3.93. The zero-order valence-corrected chi connectivity index (χ0v) is 18.5. The highest BCUT2D eigenvalue weighted by atomic mass is 32.2. The Hall–Kier alpha value is -1.44. The number of aliphatic imine (C=N–C) groups is 1. The quantitative estimate of drug-likeness (QED) is 0.352. The van der Waals surface area contributed by atoms with Gasteiger partial charge in [-0.05, 0) is 44.6 Å². The second kappa shape index (κ2) is 12.2. The van der Waals surface area contributed by atoms with Crippen molar-refractivity contribution in [3.05, 3.63) is 29.3 Å². The van der Waals surface area contributed by atoms with Crippen LogP contribution < -0.4 is 15.4 Å². The van der Waals surface area contributed by atoms with Crippen molar-refractivity contribution in [3.63, 3.8) is 0 Å². The highest BCUT2D eigenvalue weighted by Gasteiger charge is 2.31. The summed E-state index contributed by atoms with van der Waals surface area (Å²) < 4.78 is 17.0. The fourth-order valence-electron chi connectivity index (χ4n) is 3.14. The molecular formula is C21H35N3O3S. The van der Waals surface area contributed by atoms with E-state index in [2.05, 4.69) is 47.0 Å². The SMILES string of the molecule is CCOCCOc1cc(C)ccc1CNC(=NC)NCC1(SC)CCOCC1. The summed E-state index contributed by atoms with van der Waals surface area (Å²) in [6.45, 7) is 9.11. The first kappa shape index (κ1) is 22.8. The molecule has 1 heterocycles. The second-order valence-electron chi connectivity index (χ2n) is 6.94. The fraction of sp³-hybridized carbons (Fsp3) is 0.667. The predicted molar refractivity (Wildman–Crippen MR) is 118 cm³/mol. The minimum Gasteiger partial charge on any atom is -0.491 e. The average molecular weight is 410 g/mol. The number of aryl methyl sites for hydroxylation is 1. The Bertz CT molecular complexity index is 619. The van der Waals surface area contributed by atoms with Crippen molar-refractivity contribution >= 4 is 17.7 Å². The van der Waals surface area contributed by atoms with E-state index in [-0.39, 0.29) is 4.75 Å². The average Bonchev–Trinajstić information content (AvgIpc) is 2.73. The van der Waals surface area contributed by atoms with Crippen LogP contribution in [0.15, 0.2) is 23.2 Å². The number of ether oxygens (including phenoxy) is 3. The number of rotatable bonds is 10. The lowest BCUT2D eigenvalue weighted by molar-refractivity contribution is 0.0783. The van der Waals surface area contributed by atoms with Gasteiger partial charge in [0.2, 0.25) is 0 Å². The molecule has 1 fully saturated rings. The molecule has 0 atom stereocenters. The molecule has 1 aliphatic heterocycles. The molecule has 1 saturated heterocycles. The summed E-state index contributed by atoms with van der Waals surface area (Å²) in [4.78, 5) is 4.38. The van der Waals surface area contributed by atoms with Gasteiger partial charge in [0, 0.05) is 50.3 Å². The Morgan fingerprint density at radius 1 is 1.25 bits per heavy atom. The molecule has 2 rings (SSSR count). The van der Waals surface area contributed by atoms with E-state index in [0.29, 0.717) is 26.4 Å². The van der Waals surface area contributed by atoms with Crippen molar-refractivity contribution in [1.82, 2.24) is 10.6 Å². The summed E-state index contributed by atoms with van der Waals surface area (Å²) in [6, 6.07) is 6.28. The van der Waals surface area contributed by atoms with Crippen molar-refractivity contribution < 1.29 is 14.2 Å².